The molecule has 1 aromatic rings. The number of aromatic nitrogens is 2. The molecule has 1 aromatic heterocycles. The van der Waals surface area contributed by atoms with Crippen molar-refractivity contribution >= 4 is 29.6 Å². The molecule has 2 aliphatic rings. The first-order chi connectivity index (χ1) is 11.9. The number of imide groups is 1. The van der Waals surface area contributed by atoms with Crippen LogP contribution in [0.15, 0.2) is 17.6 Å². The molecule has 0 aromatic carbocycles. The van der Waals surface area contributed by atoms with Crippen molar-refractivity contribution in [2.45, 2.75) is 56.8 Å². The number of rotatable bonds is 5. The molecule has 4 amide bonds. The average Bonchev–Trinajstić information content (AvgIpc) is 3.14. The highest BCUT2D eigenvalue weighted by atomic mass is 32.2. The van der Waals surface area contributed by atoms with E-state index in [0.717, 1.165) is 29.6 Å². The highest BCUT2D eigenvalue weighted by Crippen LogP contribution is 2.35. The number of hydrogen-bond acceptors (Lipinski definition) is 5. The fourth-order valence-corrected chi connectivity index (χ4v) is 4.09. The molecule has 25 heavy (non-hydrogen) atoms. The predicted molar refractivity (Wildman–Crippen MR) is 92.5 cm³/mol. The van der Waals surface area contributed by atoms with Crippen molar-refractivity contribution in [3.8, 4) is 0 Å². The minimum absolute atomic E-state index is 0.0815. The number of nitrogens with one attached hydrogen (secondary N) is 2. The lowest BCUT2D eigenvalue weighted by molar-refractivity contribution is -0.139. The first-order valence-corrected chi connectivity index (χ1v) is 9.54. The van der Waals surface area contributed by atoms with Gasteiger partial charge in [-0.25, -0.2) is 9.78 Å². The Morgan fingerprint density at radius 2 is 2.16 bits per heavy atom. The lowest BCUT2D eigenvalue weighted by Crippen LogP contribution is -2.51. The third-order valence-corrected chi connectivity index (χ3v) is 5.88. The van der Waals surface area contributed by atoms with Gasteiger partial charge in [-0.1, -0.05) is 18.7 Å². The number of carbonyl (C=O) groups is 3. The summed E-state index contributed by atoms with van der Waals surface area (Å²) in [6.07, 6.45) is 6.54. The van der Waals surface area contributed by atoms with E-state index in [9.17, 15) is 14.4 Å². The molecule has 1 saturated carbocycles. The van der Waals surface area contributed by atoms with E-state index in [-0.39, 0.29) is 11.7 Å². The molecule has 2 fully saturated rings. The van der Waals surface area contributed by atoms with E-state index in [4.69, 9.17) is 0 Å². The summed E-state index contributed by atoms with van der Waals surface area (Å²) >= 11 is 1.27. The molecule has 2 heterocycles. The van der Waals surface area contributed by atoms with Crippen LogP contribution in [0.4, 0.5) is 4.79 Å². The van der Waals surface area contributed by atoms with Crippen LogP contribution in [0, 0.1) is 5.92 Å². The molecule has 2 N–H and O–H groups in total. The molecule has 1 aliphatic heterocycles. The van der Waals surface area contributed by atoms with Gasteiger partial charge in [-0.3, -0.25) is 15.0 Å². The number of thioether (sulfide) groups is 1. The second-order valence-electron chi connectivity index (χ2n) is 6.65. The average molecular weight is 365 g/mol. The van der Waals surface area contributed by atoms with E-state index in [1.807, 2.05) is 17.7 Å². The van der Waals surface area contributed by atoms with Crippen LogP contribution in [0.1, 0.15) is 39.5 Å². The van der Waals surface area contributed by atoms with E-state index < -0.39 is 17.5 Å². The van der Waals surface area contributed by atoms with Gasteiger partial charge >= 0.3 is 6.03 Å². The summed E-state index contributed by atoms with van der Waals surface area (Å²) in [4.78, 5) is 41.2. The van der Waals surface area contributed by atoms with Crippen LogP contribution in [0.3, 0.4) is 0 Å². The van der Waals surface area contributed by atoms with Gasteiger partial charge in [0.15, 0.2) is 5.16 Å². The van der Waals surface area contributed by atoms with Gasteiger partial charge in [0.25, 0.3) is 5.91 Å². The summed E-state index contributed by atoms with van der Waals surface area (Å²) in [5.41, 5.74) is 1.59. The minimum Gasteiger partial charge on any atom is -0.326 e. The third-order valence-electron chi connectivity index (χ3n) is 4.88. The maximum atomic E-state index is 12.7. The maximum absolute atomic E-state index is 12.7. The zero-order chi connectivity index (χ0) is 18.0. The number of carbonyl (C=O) groups excluding carboxylic acids is 3. The van der Waals surface area contributed by atoms with E-state index in [1.165, 1.54) is 11.8 Å². The van der Waals surface area contributed by atoms with Gasteiger partial charge in [0, 0.05) is 18.9 Å². The smallest absolute Gasteiger partial charge is 0.326 e. The van der Waals surface area contributed by atoms with Crippen molar-refractivity contribution < 1.29 is 14.4 Å². The van der Waals surface area contributed by atoms with Crippen LogP contribution in [0.5, 0.6) is 0 Å². The molecule has 8 nitrogen and oxygen atoms in total. The Bertz CT molecular complexity index is 681. The van der Waals surface area contributed by atoms with E-state index in [1.54, 1.807) is 6.20 Å². The Hall–Kier alpha value is -2.03. The van der Waals surface area contributed by atoms with Crippen LogP contribution >= 0.6 is 11.8 Å². The SMILES string of the molecule is CCn1ccnc1SCC(=O)NN1C(=O)NC2(CCC(C)CC2)C1=O. The quantitative estimate of drug-likeness (QED) is 0.609. The van der Waals surface area contributed by atoms with Gasteiger partial charge in [-0.15, -0.1) is 0 Å². The molecule has 9 heteroatoms. The van der Waals surface area contributed by atoms with Crippen molar-refractivity contribution in [3.05, 3.63) is 12.4 Å². The molecule has 3 rings (SSSR count). The van der Waals surface area contributed by atoms with Crippen molar-refractivity contribution in [3.63, 3.8) is 0 Å². The number of hydrazine groups is 1. The standard InChI is InChI=1S/C16H23N5O3S/c1-3-20-9-8-17-15(20)25-10-12(22)19-21-13(23)16(18-14(21)24)6-4-11(2)5-7-16/h8-9,11H,3-7,10H2,1-2H3,(H,18,24)(H,19,22). The summed E-state index contributed by atoms with van der Waals surface area (Å²) in [6.45, 7) is 4.90. The Kier molecular flexibility index (Phi) is 5.03. The van der Waals surface area contributed by atoms with Gasteiger partial charge < -0.3 is 9.88 Å². The molecule has 136 valence electrons. The van der Waals surface area contributed by atoms with Gasteiger partial charge in [0.2, 0.25) is 5.91 Å². The lowest BCUT2D eigenvalue weighted by atomic mass is 9.77. The summed E-state index contributed by atoms with van der Waals surface area (Å²) in [6, 6.07) is -0.548. The topological polar surface area (TPSA) is 96.3 Å². The molecule has 1 aliphatic carbocycles. The number of nitrogens with zero attached hydrogens (tertiary/aromatic N) is 3. The zero-order valence-corrected chi connectivity index (χ0v) is 15.3. The number of hydrogen-bond donors (Lipinski definition) is 2. The van der Waals surface area contributed by atoms with Gasteiger partial charge in [0.1, 0.15) is 5.54 Å². The Balaban J connectivity index is 1.58. The number of urea groups is 1. The van der Waals surface area contributed by atoms with Crippen LogP contribution in [-0.2, 0) is 16.1 Å². The molecular formula is C16H23N5O3S. The summed E-state index contributed by atoms with van der Waals surface area (Å²) in [7, 11) is 0. The monoisotopic (exact) mass is 365 g/mol. The molecule has 1 saturated heterocycles. The molecule has 0 bridgehead atoms. The first-order valence-electron chi connectivity index (χ1n) is 8.55. The summed E-state index contributed by atoms with van der Waals surface area (Å²) < 4.78 is 1.92. The lowest BCUT2D eigenvalue weighted by Gasteiger charge is -2.33. The molecular weight excluding hydrogens is 342 g/mol. The number of amides is 4. The summed E-state index contributed by atoms with van der Waals surface area (Å²) in [5, 5.41) is 4.35. The van der Waals surface area contributed by atoms with Crippen LogP contribution in [0.2, 0.25) is 0 Å². The van der Waals surface area contributed by atoms with Crippen molar-refractivity contribution in [1.29, 1.82) is 0 Å². The molecule has 0 radical (unpaired) electrons. The Morgan fingerprint density at radius 1 is 1.44 bits per heavy atom. The molecule has 0 atom stereocenters. The Labute approximate surface area is 150 Å². The van der Waals surface area contributed by atoms with Gasteiger partial charge in [0.05, 0.1) is 5.75 Å². The fraction of sp³-hybridized carbons (Fsp3) is 0.625. The largest absolute Gasteiger partial charge is 0.344 e. The molecule has 1 spiro atoms. The van der Waals surface area contributed by atoms with Crippen molar-refractivity contribution in [2.24, 2.45) is 5.92 Å². The predicted octanol–water partition coefficient (Wildman–Crippen LogP) is 1.53. The van der Waals surface area contributed by atoms with Crippen LogP contribution in [-0.4, -0.2) is 43.7 Å². The minimum atomic E-state index is -0.845. The van der Waals surface area contributed by atoms with Crippen molar-refractivity contribution in [2.75, 3.05) is 5.75 Å². The molecule has 0 unspecified atom stereocenters. The van der Waals surface area contributed by atoms with E-state index >= 15 is 0 Å². The summed E-state index contributed by atoms with van der Waals surface area (Å²) in [5.74, 6) is -0.117. The maximum Gasteiger partial charge on any atom is 0.344 e. The van der Waals surface area contributed by atoms with Crippen molar-refractivity contribution in [1.82, 2.24) is 25.3 Å². The Morgan fingerprint density at radius 3 is 2.84 bits per heavy atom. The van der Waals surface area contributed by atoms with Gasteiger partial charge in [-0.2, -0.15) is 5.01 Å². The third kappa shape index (κ3) is 3.51. The number of imidazole rings is 1. The first kappa shape index (κ1) is 17.8. The van der Waals surface area contributed by atoms with Crippen LogP contribution < -0.4 is 10.7 Å². The van der Waals surface area contributed by atoms with Gasteiger partial charge in [-0.05, 0) is 38.5 Å². The van der Waals surface area contributed by atoms with Crippen LogP contribution in [0.25, 0.3) is 0 Å². The van der Waals surface area contributed by atoms with E-state index in [0.29, 0.717) is 18.8 Å². The normalized spacial score (nSPS) is 26.2. The zero-order valence-electron chi connectivity index (χ0n) is 14.4. The van der Waals surface area contributed by atoms with E-state index in [2.05, 4.69) is 22.7 Å². The highest BCUT2D eigenvalue weighted by molar-refractivity contribution is 7.99. The second-order valence-corrected chi connectivity index (χ2v) is 7.60. The second kappa shape index (κ2) is 7.07. The highest BCUT2D eigenvalue weighted by Gasteiger charge is 2.52. The number of aryl methyl sites for hydroxylation is 1. The fourth-order valence-electron chi connectivity index (χ4n) is 3.28.